The van der Waals surface area contributed by atoms with Crippen molar-refractivity contribution in [2.45, 2.75) is 49.1 Å². The molecular formula is C19H26N6O22P4. The maximum Gasteiger partial charge on any atom is 0.490 e. The van der Waals surface area contributed by atoms with Gasteiger partial charge in [0, 0.05) is 12.3 Å². The van der Waals surface area contributed by atoms with Crippen LogP contribution in [0, 0.1) is 0 Å². The van der Waals surface area contributed by atoms with Gasteiger partial charge in [-0.05, 0) is 0 Å². The first-order valence-corrected chi connectivity index (χ1v) is 19.6. The van der Waals surface area contributed by atoms with Crippen LogP contribution in [-0.2, 0) is 49.7 Å². The van der Waals surface area contributed by atoms with Gasteiger partial charge in [0.25, 0.3) is 11.1 Å². The molecule has 2 aliphatic rings. The topological polar surface area (TPSA) is 413 Å². The van der Waals surface area contributed by atoms with Gasteiger partial charge in [-0.3, -0.25) is 32.8 Å². The van der Waals surface area contributed by atoms with E-state index in [-0.39, 0.29) is 11.2 Å². The minimum atomic E-state index is -6.23. The zero-order chi connectivity index (χ0) is 37.7. The minimum Gasteiger partial charge on any atom is -0.387 e. The molecule has 0 bridgehead atoms. The largest absolute Gasteiger partial charge is 0.490 e. The molecule has 2 saturated heterocycles. The number of aromatic nitrogens is 6. The number of aromatic amines is 2. The highest BCUT2D eigenvalue weighted by Gasteiger charge is 2.50. The summed E-state index contributed by atoms with van der Waals surface area (Å²) in [4.78, 5) is 86.2. The molecule has 2 fully saturated rings. The third kappa shape index (κ3) is 9.12. The first kappa shape index (κ1) is 39.6. The lowest BCUT2D eigenvalue weighted by Gasteiger charge is -2.21. The van der Waals surface area contributed by atoms with Crippen LogP contribution < -0.4 is 16.8 Å². The number of aliphatic hydroxyl groups excluding tert-OH is 4. The number of nitrogens with zero attached hydrogens (tertiary/aromatic N) is 4. The van der Waals surface area contributed by atoms with Crippen molar-refractivity contribution in [3.05, 3.63) is 56.1 Å². The fourth-order valence-electron chi connectivity index (χ4n) is 4.67. The molecule has 4 unspecified atom stereocenters. The number of hydrogen-bond donors (Lipinski definition) is 10. The number of rotatable bonds is 14. The van der Waals surface area contributed by atoms with E-state index in [0.29, 0.717) is 4.57 Å². The maximum absolute atomic E-state index is 12.3. The fraction of sp³-hybridized carbons (Fsp3) is 0.526. The highest BCUT2D eigenvalue weighted by Crippen LogP contribution is 2.71. The fourth-order valence-corrected chi connectivity index (χ4v) is 9.63. The van der Waals surface area contributed by atoms with E-state index in [1.807, 2.05) is 4.98 Å². The van der Waals surface area contributed by atoms with Gasteiger partial charge in [-0.15, -0.1) is 0 Å². The molecule has 28 nitrogen and oxygen atoms in total. The van der Waals surface area contributed by atoms with Crippen molar-refractivity contribution in [2.24, 2.45) is 0 Å². The first-order chi connectivity index (χ1) is 23.6. The molecule has 0 radical (unpaired) electrons. The summed E-state index contributed by atoms with van der Waals surface area (Å²) in [6.07, 6.45) is -11.0. The lowest BCUT2D eigenvalue weighted by atomic mass is 10.1. The quantitative estimate of drug-likeness (QED) is 0.0703. The van der Waals surface area contributed by atoms with Crippen LogP contribution in [0.1, 0.15) is 12.5 Å². The minimum absolute atomic E-state index is 0.0860. The van der Waals surface area contributed by atoms with Crippen molar-refractivity contribution in [3.63, 3.8) is 0 Å². The van der Waals surface area contributed by atoms with E-state index in [0.717, 1.165) is 29.5 Å². The standard InChI is InChI=1S/C19H26N6O22P4/c26-9-1-2-24(19(32)23-9)17-13(29)11(27)7(43-17)3-41-48(33,34)45-50(37,38)47-51(39,40)46-49(35,36)42-4-8-12(28)14(30)18(44-8)25-6-22-10-15(25)20-5-21-16(10)31/h1-2,5-8,11-14,17-18,27-30H,3-4H2,(H,33,34)(H,35,36)(H,37,38)(H,39,40)(H,20,21,31)(H,23,26,32)/t7-,8-,11-,12-,13-,14-,17+,18+/m1/s1. The molecule has 0 aliphatic carbocycles. The predicted molar refractivity (Wildman–Crippen MR) is 156 cm³/mol. The Bertz CT molecular complexity index is 2140. The summed E-state index contributed by atoms with van der Waals surface area (Å²) in [5.41, 5.74) is -2.78. The molecule has 5 rings (SSSR count). The van der Waals surface area contributed by atoms with Crippen LogP contribution in [0.25, 0.3) is 11.2 Å². The molecule has 2 aliphatic heterocycles. The number of aliphatic hydroxyl groups is 4. The maximum atomic E-state index is 12.3. The molecule has 3 aromatic rings. The Kier molecular flexibility index (Phi) is 11.4. The highest BCUT2D eigenvalue weighted by atomic mass is 31.3. The van der Waals surface area contributed by atoms with Crippen LogP contribution in [-0.4, -0.2) is 119 Å². The average Bonchev–Trinajstić information content (AvgIpc) is 3.64. The Morgan fingerprint density at radius 3 is 1.73 bits per heavy atom. The predicted octanol–water partition coefficient (Wildman–Crippen LogP) is -3.61. The summed E-state index contributed by atoms with van der Waals surface area (Å²) in [5.74, 6) is 0. The second kappa shape index (κ2) is 14.6. The molecule has 0 spiro atoms. The van der Waals surface area contributed by atoms with Gasteiger partial charge in [-0.25, -0.2) is 33.0 Å². The van der Waals surface area contributed by atoms with Crippen LogP contribution in [0.15, 0.2) is 39.3 Å². The molecular weight excluding hydrogens is 788 g/mol. The molecule has 0 amide bonds. The van der Waals surface area contributed by atoms with Gasteiger partial charge < -0.3 is 54.5 Å². The van der Waals surface area contributed by atoms with Gasteiger partial charge in [-0.2, -0.15) is 12.9 Å². The van der Waals surface area contributed by atoms with Gasteiger partial charge >= 0.3 is 37.0 Å². The van der Waals surface area contributed by atoms with E-state index in [9.17, 15) is 72.6 Å². The lowest BCUT2D eigenvalue weighted by Crippen LogP contribution is -2.37. The van der Waals surface area contributed by atoms with Gasteiger partial charge in [0.2, 0.25) is 0 Å². The molecule has 12 atom stereocenters. The number of H-pyrrole nitrogens is 2. The summed E-state index contributed by atoms with van der Waals surface area (Å²) in [5, 5.41) is 41.2. The van der Waals surface area contributed by atoms with Crippen LogP contribution in [0.4, 0.5) is 0 Å². The Morgan fingerprint density at radius 2 is 1.22 bits per heavy atom. The molecule has 3 aromatic heterocycles. The van der Waals surface area contributed by atoms with E-state index in [1.165, 1.54) is 0 Å². The molecule has 284 valence electrons. The Labute approximate surface area is 279 Å². The first-order valence-electron chi connectivity index (χ1n) is 13.6. The molecule has 51 heavy (non-hydrogen) atoms. The van der Waals surface area contributed by atoms with Crippen molar-refractivity contribution in [1.82, 2.24) is 29.1 Å². The van der Waals surface area contributed by atoms with E-state index < -0.39 is 110 Å². The number of imidazole rings is 1. The summed E-state index contributed by atoms with van der Waals surface area (Å²) in [6, 6.07) is 0.872. The van der Waals surface area contributed by atoms with Gasteiger partial charge in [-0.1, -0.05) is 0 Å². The molecule has 5 heterocycles. The third-order valence-corrected chi connectivity index (χ3v) is 12.8. The van der Waals surface area contributed by atoms with E-state index in [4.69, 9.17) is 9.47 Å². The van der Waals surface area contributed by atoms with Crippen LogP contribution >= 0.6 is 31.3 Å². The summed E-state index contributed by atoms with van der Waals surface area (Å²) in [6.45, 7) is -2.36. The van der Waals surface area contributed by atoms with Crippen molar-refractivity contribution >= 4 is 42.5 Å². The number of phosphoric acid groups is 4. The van der Waals surface area contributed by atoms with Crippen molar-refractivity contribution in [2.75, 3.05) is 13.2 Å². The number of fused-ring (bicyclic) bond motifs is 1. The zero-order valence-corrected chi connectivity index (χ0v) is 28.3. The number of ether oxygens (including phenoxy) is 2. The Hall–Kier alpha value is -2.65. The highest BCUT2D eigenvalue weighted by molar-refractivity contribution is 7.69. The van der Waals surface area contributed by atoms with Crippen LogP contribution in [0.3, 0.4) is 0 Å². The average molecular weight is 814 g/mol. The lowest BCUT2D eigenvalue weighted by molar-refractivity contribution is -0.0542. The smallest absolute Gasteiger partial charge is 0.387 e. The second-order valence-corrected chi connectivity index (χ2v) is 16.6. The SMILES string of the molecule is O=c1ccn([C@H]2O[C@H](COP(=O)(O)OP(=O)(O)OP(=O)(O)OP(=O)(O)OC[C@H]3O[C@H](n4cnc5c(=O)[nH]cnc54)[C@H](O)[C@@H]3O)[C@@H](O)[C@H]2O)c(=O)[nH]1. The Morgan fingerprint density at radius 1 is 0.725 bits per heavy atom. The van der Waals surface area contributed by atoms with Crippen LogP contribution in [0.5, 0.6) is 0 Å². The summed E-state index contributed by atoms with van der Waals surface area (Å²) >= 11 is 0. The molecule has 0 saturated carbocycles. The second-order valence-electron chi connectivity index (χ2n) is 10.4. The monoisotopic (exact) mass is 814 g/mol. The van der Waals surface area contributed by atoms with Gasteiger partial charge in [0.15, 0.2) is 23.6 Å². The number of phosphoric ester groups is 2. The van der Waals surface area contributed by atoms with Crippen LogP contribution in [0.2, 0.25) is 0 Å². The Balaban J connectivity index is 1.14. The van der Waals surface area contributed by atoms with E-state index in [2.05, 4.69) is 36.9 Å². The molecule has 10 N–H and O–H groups in total. The third-order valence-electron chi connectivity index (χ3n) is 6.86. The van der Waals surface area contributed by atoms with Gasteiger partial charge in [0.05, 0.1) is 25.9 Å². The van der Waals surface area contributed by atoms with E-state index >= 15 is 0 Å². The zero-order valence-electron chi connectivity index (χ0n) is 24.7. The summed E-state index contributed by atoms with van der Waals surface area (Å²) in [7, 11) is -24.1. The van der Waals surface area contributed by atoms with Gasteiger partial charge in [0.1, 0.15) is 36.6 Å². The van der Waals surface area contributed by atoms with E-state index in [1.54, 1.807) is 0 Å². The molecule has 0 aromatic carbocycles. The van der Waals surface area contributed by atoms with Crippen molar-refractivity contribution < 1.29 is 89.7 Å². The van der Waals surface area contributed by atoms with Crippen molar-refractivity contribution in [1.29, 1.82) is 0 Å². The normalized spacial score (nSPS) is 31.5. The van der Waals surface area contributed by atoms with Crippen molar-refractivity contribution in [3.8, 4) is 0 Å². The molecule has 32 heteroatoms. The number of hydrogen-bond acceptors (Lipinski definition) is 20. The number of nitrogens with one attached hydrogen (secondary N) is 2. The summed E-state index contributed by atoms with van der Waals surface area (Å²) < 4.78 is 81.7.